The molecular weight excluding hydrogens is 673 g/mol. The molecule has 2 aromatic heterocycles. The highest BCUT2D eigenvalue weighted by Crippen LogP contribution is 2.36. The van der Waals surface area contributed by atoms with Crippen LogP contribution in [0.2, 0.25) is 5.02 Å². The van der Waals surface area contributed by atoms with E-state index < -0.39 is 34.5 Å². The molecule has 0 radical (unpaired) electrons. The van der Waals surface area contributed by atoms with Crippen LogP contribution in [0.4, 0.5) is 15.8 Å². The fraction of sp³-hybridized carbons (Fsp3) is 0.0323. The number of carbonyl (C=O) groups excluding carboxylic acids is 1. The zero-order valence-corrected chi connectivity index (χ0v) is 25.1. The highest BCUT2D eigenvalue weighted by Gasteiger charge is 2.22. The fourth-order valence-corrected chi connectivity index (χ4v) is 5.24. The van der Waals surface area contributed by atoms with Crippen molar-refractivity contribution in [2.75, 3.05) is 11.9 Å². The van der Waals surface area contributed by atoms with Crippen molar-refractivity contribution in [3.8, 4) is 17.3 Å². The summed E-state index contributed by atoms with van der Waals surface area (Å²) in [6.45, 7) is -0.633. The number of nitrogens with zero attached hydrogens (tertiary/aromatic N) is 4. The number of hydrogen-bond donors (Lipinski definition) is 1. The van der Waals surface area contributed by atoms with Gasteiger partial charge in [0.05, 0.1) is 32.2 Å². The van der Waals surface area contributed by atoms with Crippen molar-refractivity contribution in [2.45, 2.75) is 0 Å². The molecule has 11 nitrogen and oxygen atoms in total. The minimum atomic E-state index is -0.726. The molecule has 1 N–H and O–H groups in total. The summed E-state index contributed by atoms with van der Waals surface area (Å²) in [5, 5.41) is 20.1. The van der Waals surface area contributed by atoms with Crippen LogP contribution >= 0.6 is 27.5 Å². The number of hydrogen-bond acceptors (Lipinski definition) is 8. The zero-order valence-electron chi connectivity index (χ0n) is 22.7. The first kappa shape index (κ1) is 29.7. The van der Waals surface area contributed by atoms with Gasteiger partial charge in [-0.2, -0.15) is 9.78 Å². The number of halogens is 3. The molecule has 0 spiro atoms. The Hall–Kier alpha value is -5.40. The number of carbonyl (C=O) groups is 1. The summed E-state index contributed by atoms with van der Waals surface area (Å²) in [7, 11) is 0. The van der Waals surface area contributed by atoms with Crippen LogP contribution in [0.25, 0.3) is 33.5 Å². The van der Waals surface area contributed by atoms with E-state index in [1.807, 2.05) is 0 Å². The Morgan fingerprint density at radius 2 is 1.91 bits per heavy atom. The number of nitro groups is 1. The molecule has 0 atom stereocenters. The molecule has 0 fully saturated rings. The van der Waals surface area contributed by atoms with Crippen molar-refractivity contribution in [2.24, 2.45) is 5.10 Å². The lowest BCUT2D eigenvalue weighted by molar-refractivity contribution is -0.385. The molecule has 224 valence electrons. The minimum absolute atomic E-state index is 0.0598. The second-order valence-electron chi connectivity index (χ2n) is 9.53. The highest BCUT2D eigenvalue weighted by atomic mass is 79.9. The number of anilines is 1. The number of fused-ring (bicyclic) bond motifs is 2. The molecule has 0 aliphatic rings. The third-order valence-electron chi connectivity index (χ3n) is 6.51. The van der Waals surface area contributed by atoms with Gasteiger partial charge >= 0.3 is 5.69 Å². The predicted molar refractivity (Wildman–Crippen MR) is 171 cm³/mol. The summed E-state index contributed by atoms with van der Waals surface area (Å²) >= 11 is 9.38. The molecule has 14 heteroatoms. The van der Waals surface area contributed by atoms with Crippen LogP contribution < -0.4 is 15.6 Å². The Bertz CT molecular complexity index is 2230. The molecule has 45 heavy (non-hydrogen) atoms. The van der Waals surface area contributed by atoms with Gasteiger partial charge < -0.3 is 14.5 Å². The fourth-order valence-electron chi connectivity index (χ4n) is 4.48. The minimum Gasteiger partial charge on any atom is -0.476 e. The molecule has 0 bridgehead atoms. The first-order chi connectivity index (χ1) is 21.7. The van der Waals surface area contributed by atoms with Crippen LogP contribution in [-0.4, -0.2) is 33.3 Å². The normalized spacial score (nSPS) is 11.4. The van der Waals surface area contributed by atoms with Crippen molar-refractivity contribution in [3.05, 3.63) is 126 Å². The molecule has 2 heterocycles. The van der Waals surface area contributed by atoms with E-state index in [4.69, 9.17) is 20.8 Å². The van der Waals surface area contributed by atoms with E-state index in [-0.39, 0.29) is 33.1 Å². The van der Waals surface area contributed by atoms with Crippen LogP contribution in [0, 0.1) is 15.9 Å². The molecule has 0 saturated carbocycles. The number of amides is 1. The third-order valence-corrected chi connectivity index (χ3v) is 7.34. The zero-order chi connectivity index (χ0) is 31.7. The van der Waals surface area contributed by atoms with Gasteiger partial charge in [0.1, 0.15) is 11.4 Å². The number of furan rings is 1. The monoisotopic (exact) mass is 689 g/mol. The molecule has 0 aliphatic carbocycles. The molecule has 4 aromatic carbocycles. The Labute approximate surface area is 265 Å². The lowest BCUT2D eigenvalue weighted by Gasteiger charge is -2.11. The van der Waals surface area contributed by atoms with Gasteiger partial charge in [0.15, 0.2) is 12.4 Å². The number of nitro benzene ring substituents is 1. The van der Waals surface area contributed by atoms with E-state index in [2.05, 4.69) is 31.3 Å². The summed E-state index contributed by atoms with van der Waals surface area (Å²) < 4.78 is 26.5. The van der Waals surface area contributed by atoms with Crippen LogP contribution in [-0.2, 0) is 4.79 Å². The summed E-state index contributed by atoms with van der Waals surface area (Å²) in [5.74, 6) is -1.26. The Balaban J connectivity index is 1.35. The summed E-state index contributed by atoms with van der Waals surface area (Å²) in [4.78, 5) is 41.8. The van der Waals surface area contributed by atoms with E-state index in [1.54, 1.807) is 54.6 Å². The third kappa shape index (κ3) is 6.16. The van der Waals surface area contributed by atoms with E-state index >= 15 is 0 Å². The van der Waals surface area contributed by atoms with Crippen LogP contribution in [0.3, 0.4) is 0 Å². The van der Waals surface area contributed by atoms with Crippen molar-refractivity contribution in [1.82, 2.24) is 9.66 Å². The lowest BCUT2D eigenvalue weighted by atomic mass is 10.2. The molecule has 0 aliphatic heterocycles. The largest absolute Gasteiger partial charge is 0.476 e. The average molecular weight is 691 g/mol. The summed E-state index contributed by atoms with van der Waals surface area (Å²) in [5.41, 5.74) is 0.114. The highest BCUT2D eigenvalue weighted by molar-refractivity contribution is 9.10. The number of rotatable bonds is 8. The first-order valence-electron chi connectivity index (χ1n) is 13.1. The van der Waals surface area contributed by atoms with E-state index in [0.29, 0.717) is 26.9 Å². The Kier molecular flexibility index (Phi) is 8.11. The quantitative estimate of drug-likeness (QED) is 0.101. The molecule has 0 saturated heterocycles. The van der Waals surface area contributed by atoms with Crippen molar-refractivity contribution in [1.29, 1.82) is 0 Å². The van der Waals surface area contributed by atoms with Gasteiger partial charge in [-0.1, -0.05) is 35.9 Å². The number of para-hydroxylation sites is 2. The van der Waals surface area contributed by atoms with Gasteiger partial charge in [0, 0.05) is 22.0 Å². The van der Waals surface area contributed by atoms with Crippen LogP contribution in [0.15, 0.2) is 104 Å². The smallest absolute Gasteiger partial charge is 0.312 e. The standard InChI is InChI=1S/C31H18BrClFN5O6/c32-21-11-17(12-25(39(42)43)29(21)44-16-28(40)36-24-8-4-2-6-22(24)34)15-35-38-30(37-23-7-3-1-5-20(23)31(38)41)27-14-18-13-19(33)9-10-26(18)45-27/h1-15H,16H2,(H,36,40). The van der Waals surface area contributed by atoms with Gasteiger partial charge in [-0.05, 0) is 70.5 Å². The number of nitrogens with one attached hydrogen (secondary N) is 1. The second-order valence-corrected chi connectivity index (χ2v) is 10.8. The first-order valence-corrected chi connectivity index (χ1v) is 14.3. The van der Waals surface area contributed by atoms with Gasteiger partial charge in [-0.3, -0.25) is 19.7 Å². The topological polar surface area (TPSA) is 142 Å². The molecular formula is C31H18BrClFN5O6. The van der Waals surface area contributed by atoms with Crippen LogP contribution in [0.1, 0.15) is 5.56 Å². The van der Waals surface area contributed by atoms with Gasteiger partial charge in [-0.25, -0.2) is 9.37 Å². The van der Waals surface area contributed by atoms with Crippen LogP contribution in [0.5, 0.6) is 5.75 Å². The summed E-state index contributed by atoms with van der Waals surface area (Å²) in [6, 6.07) is 21.7. The molecule has 6 aromatic rings. The lowest BCUT2D eigenvalue weighted by Crippen LogP contribution is -2.21. The van der Waals surface area contributed by atoms with Crippen molar-refractivity contribution in [3.63, 3.8) is 0 Å². The van der Waals surface area contributed by atoms with Crippen molar-refractivity contribution >= 4 is 72.9 Å². The van der Waals surface area contributed by atoms with Crippen molar-refractivity contribution < 1.29 is 23.3 Å². The number of ether oxygens (including phenoxy) is 1. The Morgan fingerprint density at radius 3 is 2.71 bits per heavy atom. The summed E-state index contributed by atoms with van der Waals surface area (Å²) in [6.07, 6.45) is 1.24. The second kappa shape index (κ2) is 12.3. The molecule has 1 amide bonds. The van der Waals surface area contributed by atoms with Gasteiger partial charge in [-0.15, -0.1) is 0 Å². The SMILES string of the molecule is O=C(COc1c(Br)cc(C=Nn2c(-c3cc4cc(Cl)ccc4o3)nc3ccccc3c2=O)cc1[N+](=O)[O-])Nc1ccccc1F. The number of aromatic nitrogens is 2. The maximum Gasteiger partial charge on any atom is 0.312 e. The van der Waals surface area contributed by atoms with E-state index in [1.165, 1.54) is 36.5 Å². The van der Waals surface area contributed by atoms with Gasteiger partial charge in [0.25, 0.3) is 11.5 Å². The molecule has 6 rings (SSSR count). The Morgan fingerprint density at radius 1 is 1.13 bits per heavy atom. The maximum atomic E-state index is 13.9. The molecule has 0 unspecified atom stereocenters. The van der Waals surface area contributed by atoms with Gasteiger partial charge in [0.2, 0.25) is 11.6 Å². The van der Waals surface area contributed by atoms with E-state index in [0.717, 1.165) is 4.68 Å². The number of benzene rings is 4. The van der Waals surface area contributed by atoms with E-state index in [9.17, 15) is 24.1 Å². The maximum absolute atomic E-state index is 13.9. The predicted octanol–water partition coefficient (Wildman–Crippen LogP) is 7.17. The average Bonchev–Trinajstić information content (AvgIpc) is 3.44.